The monoisotopic (exact) mass is 401 g/mol. The number of carbonyl (C=O) groups excluding carboxylic acids is 1. The van der Waals surface area contributed by atoms with Crippen LogP contribution < -0.4 is 14.7 Å². The number of nitriles is 1. The number of para-hydroxylation sites is 1. The number of anilines is 2. The Labute approximate surface area is 169 Å². The van der Waals surface area contributed by atoms with E-state index in [1.807, 2.05) is 24.3 Å². The van der Waals surface area contributed by atoms with Crippen molar-refractivity contribution in [3.8, 4) is 6.07 Å². The molecule has 1 saturated heterocycles. The zero-order valence-electron chi connectivity index (χ0n) is 15.6. The molecule has 0 atom stereocenters. The fourth-order valence-corrected chi connectivity index (χ4v) is 3.69. The molecule has 1 N–H and O–H groups in total. The number of halogens is 2. The first kappa shape index (κ1) is 20.1. The van der Waals surface area contributed by atoms with Gasteiger partial charge in [0, 0.05) is 12.2 Å². The summed E-state index contributed by atoms with van der Waals surface area (Å²) in [5, 5.41) is 9.64. The molecular weight excluding hydrogens is 379 g/mol. The van der Waals surface area contributed by atoms with Gasteiger partial charge in [0.05, 0.1) is 49.4 Å². The standard InChI is InChI=1S/C21H22ClFN4O/c22-19-4-1-2-5-20(19)26-14-12-25(13-15-26)16-21(28)27(11-3-10-24)18-8-6-17(23)7-9-18/h1-2,4-9H,3,11-16H2/p+1. The van der Waals surface area contributed by atoms with E-state index in [1.165, 1.54) is 17.0 Å². The highest BCUT2D eigenvalue weighted by atomic mass is 35.5. The van der Waals surface area contributed by atoms with Crippen molar-refractivity contribution in [3.63, 3.8) is 0 Å². The van der Waals surface area contributed by atoms with Gasteiger partial charge in [-0.05, 0) is 36.4 Å². The summed E-state index contributed by atoms with van der Waals surface area (Å²) < 4.78 is 13.2. The molecule has 0 spiro atoms. The van der Waals surface area contributed by atoms with Gasteiger partial charge in [0.1, 0.15) is 5.82 Å². The molecule has 1 fully saturated rings. The van der Waals surface area contributed by atoms with E-state index < -0.39 is 0 Å². The summed E-state index contributed by atoms with van der Waals surface area (Å²) in [6.07, 6.45) is 0.235. The molecule has 0 saturated carbocycles. The minimum absolute atomic E-state index is 0.0527. The van der Waals surface area contributed by atoms with Crippen LogP contribution in [0.15, 0.2) is 48.5 Å². The molecular formula is C21H23ClFN4O+. The van der Waals surface area contributed by atoms with Gasteiger partial charge in [-0.15, -0.1) is 0 Å². The molecule has 7 heteroatoms. The minimum Gasteiger partial charge on any atom is -0.359 e. The molecule has 5 nitrogen and oxygen atoms in total. The van der Waals surface area contributed by atoms with Crippen LogP contribution in [0.2, 0.25) is 5.02 Å². The first-order valence-electron chi connectivity index (χ1n) is 9.34. The number of hydrogen-bond acceptors (Lipinski definition) is 3. The van der Waals surface area contributed by atoms with E-state index >= 15 is 0 Å². The van der Waals surface area contributed by atoms with E-state index in [-0.39, 0.29) is 18.1 Å². The molecule has 3 rings (SSSR count). The second kappa shape index (κ2) is 9.54. The van der Waals surface area contributed by atoms with E-state index in [0.29, 0.717) is 18.8 Å². The average Bonchev–Trinajstić information content (AvgIpc) is 2.71. The predicted octanol–water partition coefficient (Wildman–Crippen LogP) is 2.13. The SMILES string of the molecule is N#CCCN(C(=O)C[NH+]1CCN(c2ccccc2Cl)CC1)c1ccc(F)cc1. The van der Waals surface area contributed by atoms with Gasteiger partial charge in [-0.2, -0.15) is 5.26 Å². The number of rotatable bonds is 6. The molecule has 1 aliphatic heterocycles. The van der Waals surface area contributed by atoms with Crippen LogP contribution >= 0.6 is 11.6 Å². The first-order valence-corrected chi connectivity index (χ1v) is 9.72. The quantitative estimate of drug-likeness (QED) is 0.806. The Balaban J connectivity index is 1.60. The molecule has 0 radical (unpaired) electrons. The maximum absolute atomic E-state index is 13.2. The van der Waals surface area contributed by atoms with Crippen LogP contribution in [-0.4, -0.2) is 45.2 Å². The van der Waals surface area contributed by atoms with E-state index in [0.717, 1.165) is 36.9 Å². The molecule has 2 aromatic carbocycles. The average molecular weight is 402 g/mol. The third-order valence-electron chi connectivity index (χ3n) is 4.95. The maximum atomic E-state index is 13.2. The van der Waals surface area contributed by atoms with Gasteiger partial charge in [-0.25, -0.2) is 4.39 Å². The van der Waals surface area contributed by atoms with Gasteiger partial charge in [-0.3, -0.25) is 4.79 Å². The zero-order valence-corrected chi connectivity index (χ0v) is 16.3. The highest BCUT2D eigenvalue weighted by Gasteiger charge is 2.26. The van der Waals surface area contributed by atoms with Gasteiger partial charge in [0.2, 0.25) is 0 Å². The molecule has 0 aliphatic carbocycles. The van der Waals surface area contributed by atoms with Crippen molar-refractivity contribution in [1.82, 2.24) is 0 Å². The summed E-state index contributed by atoms with van der Waals surface area (Å²) in [4.78, 5) is 17.9. The van der Waals surface area contributed by atoms with E-state index in [4.69, 9.17) is 16.9 Å². The summed E-state index contributed by atoms with van der Waals surface area (Å²) in [6, 6.07) is 15.7. The predicted molar refractivity (Wildman–Crippen MR) is 108 cm³/mol. The van der Waals surface area contributed by atoms with Crippen LogP contribution in [0.1, 0.15) is 6.42 Å². The lowest BCUT2D eigenvalue weighted by Crippen LogP contribution is -3.16. The molecule has 1 heterocycles. The Morgan fingerprint density at radius 1 is 1.18 bits per heavy atom. The molecule has 0 bridgehead atoms. The molecule has 1 amide bonds. The van der Waals surface area contributed by atoms with E-state index in [2.05, 4.69) is 11.0 Å². The topological polar surface area (TPSA) is 51.8 Å². The Kier molecular flexibility index (Phi) is 6.85. The van der Waals surface area contributed by atoms with Gasteiger partial charge >= 0.3 is 0 Å². The number of nitrogens with one attached hydrogen (secondary N) is 1. The first-order chi connectivity index (χ1) is 13.6. The van der Waals surface area contributed by atoms with Crippen molar-refractivity contribution in [1.29, 1.82) is 5.26 Å². The minimum atomic E-state index is -0.349. The molecule has 2 aromatic rings. The van der Waals surface area contributed by atoms with Crippen LogP contribution in [0, 0.1) is 17.1 Å². The number of quaternary nitrogens is 1. The van der Waals surface area contributed by atoms with Crippen molar-refractivity contribution in [2.75, 3.05) is 49.1 Å². The largest absolute Gasteiger partial charge is 0.359 e. The molecule has 0 aromatic heterocycles. The van der Waals surface area contributed by atoms with Crippen molar-refractivity contribution in [2.45, 2.75) is 6.42 Å². The summed E-state index contributed by atoms with van der Waals surface area (Å²) in [7, 11) is 0. The van der Waals surface area contributed by atoms with Gasteiger partial charge in [0.25, 0.3) is 5.91 Å². The second-order valence-electron chi connectivity index (χ2n) is 6.80. The fraction of sp³-hybridized carbons (Fsp3) is 0.333. The highest BCUT2D eigenvalue weighted by molar-refractivity contribution is 6.33. The van der Waals surface area contributed by atoms with E-state index in [9.17, 15) is 9.18 Å². The Hall–Kier alpha value is -2.62. The smallest absolute Gasteiger partial charge is 0.282 e. The lowest BCUT2D eigenvalue weighted by Gasteiger charge is -2.34. The number of benzene rings is 2. The van der Waals surface area contributed by atoms with Crippen LogP contribution in [0.5, 0.6) is 0 Å². The van der Waals surface area contributed by atoms with Crippen LogP contribution in [0.3, 0.4) is 0 Å². The number of amides is 1. The fourth-order valence-electron chi connectivity index (χ4n) is 3.44. The third kappa shape index (κ3) is 5.00. The zero-order chi connectivity index (χ0) is 19.9. The summed E-state index contributed by atoms with van der Waals surface area (Å²) in [5.41, 5.74) is 1.65. The van der Waals surface area contributed by atoms with Crippen molar-refractivity contribution in [3.05, 3.63) is 59.4 Å². The van der Waals surface area contributed by atoms with Crippen molar-refractivity contribution >= 4 is 28.9 Å². The summed E-state index contributed by atoms with van der Waals surface area (Å²) in [5.74, 6) is -0.402. The maximum Gasteiger partial charge on any atom is 0.282 e. The normalized spacial score (nSPS) is 14.5. The van der Waals surface area contributed by atoms with Crippen molar-refractivity contribution in [2.24, 2.45) is 0 Å². The molecule has 0 unspecified atom stereocenters. The van der Waals surface area contributed by atoms with Gasteiger partial charge in [0.15, 0.2) is 6.54 Å². The second-order valence-corrected chi connectivity index (χ2v) is 7.20. The Morgan fingerprint density at radius 3 is 2.50 bits per heavy atom. The third-order valence-corrected chi connectivity index (χ3v) is 5.27. The Morgan fingerprint density at radius 2 is 1.86 bits per heavy atom. The lowest BCUT2D eigenvalue weighted by molar-refractivity contribution is -0.892. The lowest BCUT2D eigenvalue weighted by atomic mass is 10.2. The molecule has 146 valence electrons. The van der Waals surface area contributed by atoms with E-state index in [1.54, 1.807) is 17.0 Å². The molecule has 1 aliphatic rings. The Bertz CT molecular complexity index is 844. The number of nitrogens with zero attached hydrogens (tertiary/aromatic N) is 3. The summed E-state index contributed by atoms with van der Waals surface area (Å²) in [6.45, 7) is 3.94. The van der Waals surface area contributed by atoms with Crippen molar-refractivity contribution < 1.29 is 14.1 Å². The van der Waals surface area contributed by atoms with Crippen LogP contribution in [-0.2, 0) is 4.79 Å². The number of hydrogen-bond donors (Lipinski definition) is 1. The van der Waals surface area contributed by atoms with Crippen LogP contribution in [0.25, 0.3) is 0 Å². The molecule has 28 heavy (non-hydrogen) atoms. The number of carbonyl (C=O) groups is 1. The van der Waals surface area contributed by atoms with Crippen LogP contribution in [0.4, 0.5) is 15.8 Å². The summed E-state index contributed by atoms with van der Waals surface area (Å²) >= 11 is 6.29. The van der Waals surface area contributed by atoms with Gasteiger partial charge in [-0.1, -0.05) is 23.7 Å². The van der Waals surface area contributed by atoms with Gasteiger partial charge < -0.3 is 14.7 Å². The highest BCUT2D eigenvalue weighted by Crippen LogP contribution is 2.24. The number of piperazine rings is 1.